The lowest BCUT2D eigenvalue weighted by Gasteiger charge is -2.20. The van der Waals surface area contributed by atoms with Gasteiger partial charge < -0.3 is 29.4 Å². The van der Waals surface area contributed by atoms with Gasteiger partial charge in [-0.3, -0.25) is 23.9 Å². The molecule has 0 aliphatic carbocycles. The Balaban J connectivity index is 2.23. The van der Waals surface area contributed by atoms with Gasteiger partial charge in [0.25, 0.3) is 11.5 Å². The number of esters is 2. The predicted molar refractivity (Wildman–Crippen MR) is 92.6 cm³/mol. The van der Waals surface area contributed by atoms with Gasteiger partial charge in [-0.2, -0.15) is 0 Å². The third-order valence-corrected chi connectivity index (χ3v) is 4.27. The number of nitrogens with one attached hydrogen (secondary N) is 2. The van der Waals surface area contributed by atoms with E-state index in [0.717, 1.165) is 31.0 Å². The molecule has 1 amide bonds. The molecule has 160 valence electrons. The zero-order chi connectivity index (χ0) is 21.7. The van der Waals surface area contributed by atoms with Crippen LogP contribution in [0.25, 0.3) is 0 Å². The molecule has 1 aromatic rings. The van der Waals surface area contributed by atoms with Crippen molar-refractivity contribution in [2.45, 2.75) is 37.0 Å². The molecule has 2 unspecified atom stereocenters. The van der Waals surface area contributed by atoms with E-state index >= 15 is 0 Å². The van der Waals surface area contributed by atoms with Crippen LogP contribution in [-0.4, -0.2) is 78.2 Å². The number of aliphatic hydroxyl groups excluding tert-OH is 1. The Kier molecular flexibility index (Phi) is 7.25. The minimum atomic E-state index is -1.55. The summed E-state index contributed by atoms with van der Waals surface area (Å²) in [6.07, 6.45) is -4.85. The first-order valence-corrected chi connectivity index (χ1v) is 8.36. The molecule has 0 bridgehead atoms. The number of amides is 1. The molecule has 1 aliphatic rings. The molecule has 1 fully saturated rings. The number of aromatic nitrogens is 2. The number of rotatable bonds is 7. The molecule has 1 aromatic heterocycles. The number of hydrogen-bond acceptors (Lipinski definition) is 10. The molecule has 0 saturated carbocycles. The van der Waals surface area contributed by atoms with Gasteiger partial charge in [-0.15, -0.1) is 0 Å². The number of ether oxygens (including phenoxy) is 4. The van der Waals surface area contributed by atoms with Gasteiger partial charge in [0.2, 0.25) is 0 Å². The average molecular weight is 415 g/mol. The fourth-order valence-electron chi connectivity index (χ4n) is 2.81. The number of carbonyl (C=O) groups is 3. The van der Waals surface area contributed by atoms with Gasteiger partial charge in [-0.25, -0.2) is 9.59 Å². The predicted octanol–water partition coefficient (Wildman–Crippen LogP) is -2.97. The average Bonchev–Trinajstić information content (AvgIpc) is 3.02. The highest BCUT2D eigenvalue weighted by Gasteiger charge is 2.49. The van der Waals surface area contributed by atoms with Gasteiger partial charge in [-0.1, -0.05) is 0 Å². The zero-order valence-corrected chi connectivity index (χ0v) is 15.8. The lowest BCUT2D eigenvalue weighted by molar-refractivity contribution is -0.152. The van der Waals surface area contributed by atoms with Gasteiger partial charge >= 0.3 is 17.6 Å². The van der Waals surface area contributed by atoms with Crippen molar-refractivity contribution in [3.8, 4) is 0 Å². The van der Waals surface area contributed by atoms with Gasteiger partial charge in [-0.05, 0) is 0 Å². The summed E-state index contributed by atoms with van der Waals surface area (Å²) in [5.74, 6) is -2.63. The molecule has 2 rings (SSSR count). The molecule has 0 radical (unpaired) electrons. The summed E-state index contributed by atoms with van der Waals surface area (Å²) >= 11 is 0. The smallest absolute Gasteiger partial charge is 0.330 e. The van der Waals surface area contributed by atoms with Crippen molar-refractivity contribution in [3.63, 3.8) is 0 Å². The zero-order valence-electron chi connectivity index (χ0n) is 15.8. The Labute approximate surface area is 163 Å². The SMILES string of the molecule is COC(=O)C[C@@H](NC(=O)[C@H]1O[C@@H](n2ccc(=O)[nH]c2=O)C(OC)C1O)C(=O)OC. The fourth-order valence-corrected chi connectivity index (χ4v) is 2.81. The van der Waals surface area contributed by atoms with Crippen LogP contribution in [-0.2, 0) is 33.3 Å². The van der Waals surface area contributed by atoms with Crippen LogP contribution in [0.2, 0.25) is 0 Å². The number of hydrogen-bond donors (Lipinski definition) is 3. The van der Waals surface area contributed by atoms with Crippen LogP contribution < -0.4 is 16.6 Å². The van der Waals surface area contributed by atoms with Crippen molar-refractivity contribution in [2.24, 2.45) is 0 Å². The Bertz CT molecular complexity index is 878. The van der Waals surface area contributed by atoms with E-state index in [2.05, 4.69) is 14.8 Å². The van der Waals surface area contributed by atoms with E-state index in [9.17, 15) is 29.1 Å². The Hall–Kier alpha value is -3.03. The van der Waals surface area contributed by atoms with Crippen molar-refractivity contribution in [1.29, 1.82) is 0 Å². The highest BCUT2D eigenvalue weighted by atomic mass is 16.6. The van der Waals surface area contributed by atoms with E-state index in [0.29, 0.717) is 0 Å². The molecular weight excluding hydrogens is 394 g/mol. The normalized spacial score (nSPS) is 24.6. The van der Waals surface area contributed by atoms with E-state index in [-0.39, 0.29) is 0 Å². The summed E-state index contributed by atoms with van der Waals surface area (Å²) in [6.45, 7) is 0. The van der Waals surface area contributed by atoms with Crippen LogP contribution in [0, 0.1) is 0 Å². The summed E-state index contributed by atoms with van der Waals surface area (Å²) in [5, 5.41) is 12.7. The molecule has 5 atom stereocenters. The lowest BCUT2D eigenvalue weighted by Crippen LogP contribution is -2.50. The first-order chi connectivity index (χ1) is 13.7. The van der Waals surface area contributed by atoms with E-state index in [1.54, 1.807) is 0 Å². The molecule has 0 spiro atoms. The van der Waals surface area contributed by atoms with Crippen molar-refractivity contribution in [3.05, 3.63) is 33.1 Å². The van der Waals surface area contributed by atoms with Gasteiger partial charge in [0.05, 0.1) is 20.6 Å². The van der Waals surface area contributed by atoms with Gasteiger partial charge in [0.1, 0.15) is 18.2 Å². The van der Waals surface area contributed by atoms with Crippen LogP contribution in [0.4, 0.5) is 0 Å². The molecule has 0 aromatic carbocycles. The van der Waals surface area contributed by atoms with Crippen LogP contribution in [0.1, 0.15) is 12.6 Å². The van der Waals surface area contributed by atoms with E-state index in [4.69, 9.17) is 9.47 Å². The van der Waals surface area contributed by atoms with E-state index in [1.165, 1.54) is 7.11 Å². The maximum Gasteiger partial charge on any atom is 0.330 e. The molecule has 1 aliphatic heterocycles. The van der Waals surface area contributed by atoms with Crippen LogP contribution in [0.3, 0.4) is 0 Å². The number of aliphatic hydroxyl groups is 1. The van der Waals surface area contributed by atoms with E-state index < -0.39 is 66.1 Å². The van der Waals surface area contributed by atoms with Gasteiger partial charge in [0, 0.05) is 19.4 Å². The minimum Gasteiger partial charge on any atom is -0.469 e. The van der Waals surface area contributed by atoms with Gasteiger partial charge in [0.15, 0.2) is 12.3 Å². The highest BCUT2D eigenvalue weighted by molar-refractivity contribution is 5.90. The molecule has 13 heteroatoms. The molecule has 2 heterocycles. The van der Waals surface area contributed by atoms with Crippen LogP contribution >= 0.6 is 0 Å². The second-order valence-corrected chi connectivity index (χ2v) is 6.02. The minimum absolute atomic E-state index is 0.506. The lowest BCUT2D eigenvalue weighted by atomic mass is 10.1. The first kappa shape index (κ1) is 22.3. The summed E-state index contributed by atoms with van der Waals surface area (Å²) in [5.41, 5.74) is -1.48. The topological polar surface area (TPSA) is 175 Å². The van der Waals surface area contributed by atoms with Crippen molar-refractivity contribution < 1.29 is 38.4 Å². The Morgan fingerprint density at radius 2 is 1.97 bits per heavy atom. The van der Waals surface area contributed by atoms with Crippen LogP contribution in [0.5, 0.6) is 0 Å². The first-order valence-electron chi connectivity index (χ1n) is 8.36. The maximum atomic E-state index is 12.6. The second kappa shape index (κ2) is 9.45. The van der Waals surface area contributed by atoms with Crippen molar-refractivity contribution in [2.75, 3.05) is 21.3 Å². The molecule has 29 heavy (non-hydrogen) atoms. The summed E-state index contributed by atoms with van der Waals surface area (Å²) in [4.78, 5) is 61.1. The third kappa shape index (κ3) is 4.88. The Morgan fingerprint density at radius 1 is 1.28 bits per heavy atom. The standard InChI is InChI=1S/C16H21N3O10/c1-26-9(21)6-7(15(24)28-3)17-13(23)11-10(22)12(27-2)14(29-11)19-5-4-8(20)18-16(19)25/h4-5,7,10-12,14,22H,6H2,1-3H3,(H,17,23)(H,18,20,25)/t7-,10?,11+,12?,14-/m1/s1. The molecule has 1 saturated heterocycles. The number of H-pyrrole nitrogens is 1. The third-order valence-electron chi connectivity index (χ3n) is 4.27. The second-order valence-electron chi connectivity index (χ2n) is 6.02. The Morgan fingerprint density at radius 3 is 2.52 bits per heavy atom. The number of carbonyl (C=O) groups excluding carboxylic acids is 3. The maximum absolute atomic E-state index is 12.6. The summed E-state index contributed by atoms with van der Waals surface area (Å²) in [6, 6.07) is -0.326. The van der Waals surface area contributed by atoms with Crippen LogP contribution in [0.15, 0.2) is 21.9 Å². The molecule has 3 N–H and O–H groups in total. The monoisotopic (exact) mass is 415 g/mol. The number of methoxy groups -OCH3 is 3. The number of nitrogens with zero attached hydrogens (tertiary/aromatic N) is 1. The highest BCUT2D eigenvalue weighted by Crippen LogP contribution is 2.30. The molecular formula is C16H21N3O10. The molecule has 13 nitrogen and oxygen atoms in total. The summed E-state index contributed by atoms with van der Waals surface area (Å²) in [7, 11) is 3.41. The van der Waals surface area contributed by atoms with Crippen molar-refractivity contribution >= 4 is 17.8 Å². The number of aromatic amines is 1. The van der Waals surface area contributed by atoms with Crippen molar-refractivity contribution in [1.82, 2.24) is 14.9 Å². The fraction of sp³-hybridized carbons (Fsp3) is 0.562. The van der Waals surface area contributed by atoms with E-state index in [1.807, 2.05) is 4.98 Å². The summed E-state index contributed by atoms with van der Waals surface area (Å²) < 4.78 is 20.6. The quantitative estimate of drug-likeness (QED) is 0.390. The largest absolute Gasteiger partial charge is 0.469 e.